The van der Waals surface area contributed by atoms with Crippen molar-refractivity contribution in [3.63, 3.8) is 0 Å². The van der Waals surface area contributed by atoms with Crippen molar-refractivity contribution in [1.82, 2.24) is 0 Å². The molecule has 0 atom stereocenters. The first-order valence-corrected chi connectivity index (χ1v) is 10.5. The minimum Gasteiger partial charge on any atom is -0.497 e. The summed E-state index contributed by atoms with van der Waals surface area (Å²) in [6.45, 7) is 14.4. The summed E-state index contributed by atoms with van der Waals surface area (Å²) in [5, 5.41) is 0. The topological polar surface area (TPSA) is 9.23 Å². The van der Waals surface area contributed by atoms with E-state index in [0.717, 1.165) is 11.3 Å². The molecule has 0 N–H and O–H groups in total. The second-order valence-electron chi connectivity index (χ2n) is 7.27. The minimum absolute atomic E-state index is 0.893. The van der Waals surface area contributed by atoms with Gasteiger partial charge in [-0.2, -0.15) is 0 Å². The first-order valence-electron chi connectivity index (χ1n) is 10.5. The fraction of sp³-hybridized carbons (Fsp3) is 0.241. The van der Waals surface area contributed by atoms with Crippen LogP contribution in [-0.2, 0) is 0 Å². The molecule has 0 spiro atoms. The second-order valence-corrected chi connectivity index (χ2v) is 7.27. The van der Waals surface area contributed by atoms with E-state index in [1.54, 1.807) is 7.11 Å². The van der Waals surface area contributed by atoms with Gasteiger partial charge in [-0.15, -0.1) is 0 Å². The lowest BCUT2D eigenvalue weighted by atomic mass is 10.0. The van der Waals surface area contributed by atoms with Crippen molar-refractivity contribution >= 4 is 6.08 Å². The van der Waals surface area contributed by atoms with Crippen LogP contribution in [-0.4, -0.2) is 7.11 Å². The molecule has 0 fully saturated rings. The van der Waals surface area contributed by atoms with Gasteiger partial charge in [0.1, 0.15) is 5.75 Å². The predicted molar refractivity (Wildman–Crippen MR) is 134 cm³/mol. The molecule has 0 radical (unpaired) electrons. The van der Waals surface area contributed by atoms with Gasteiger partial charge in [-0.1, -0.05) is 105 Å². The van der Waals surface area contributed by atoms with Gasteiger partial charge in [0.2, 0.25) is 0 Å². The van der Waals surface area contributed by atoms with Crippen molar-refractivity contribution in [3.05, 3.63) is 108 Å². The molecule has 0 aromatic heterocycles. The molecule has 0 amide bonds. The Labute approximate surface area is 183 Å². The van der Waals surface area contributed by atoms with Crippen molar-refractivity contribution in [2.45, 2.75) is 41.0 Å². The van der Waals surface area contributed by atoms with E-state index in [1.165, 1.54) is 34.2 Å². The van der Waals surface area contributed by atoms with Gasteiger partial charge in [0.25, 0.3) is 0 Å². The molecule has 0 aliphatic carbocycles. The summed E-state index contributed by atoms with van der Waals surface area (Å²) in [6.07, 6.45) is 5.41. The number of hydrogen-bond donors (Lipinski definition) is 0. The molecule has 0 saturated carbocycles. The van der Waals surface area contributed by atoms with Gasteiger partial charge in [-0.3, -0.25) is 0 Å². The van der Waals surface area contributed by atoms with Gasteiger partial charge in [-0.25, -0.2) is 0 Å². The average molecular weight is 401 g/mol. The van der Waals surface area contributed by atoms with Gasteiger partial charge in [0.15, 0.2) is 0 Å². The average Bonchev–Trinajstić information content (AvgIpc) is 2.76. The summed E-state index contributed by atoms with van der Waals surface area (Å²) in [7, 11) is 1.68. The van der Waals surface area contributed by atoms with E-state index in [4.69, 9.17) is 4.74 Å². The lowest BCUT2D eigenvalue weighted by molar-refractivity contribution is 0.415. The maximum absolute atomic E-state index is 5.11. The van der Waals surface area contributed by atoms with E-state index in [1.807, 2.05) is 43.3 Å². The fourth-order valence-corrected chi connectivity index (χ4v) is 2.60. The lowest BCUT2D eigenvalue weighted by Gasteiger charge is -2.03. The Morgan fingerprint density at radius 2 is 1.40 bits per heavy atom. The SMILES string of the molecule is C=C(C)/C=C\c1cccc(C)c1C.CCC.COc1ccc(-c2ccccc2)cc1. The number of benzene rings is 3. The molecule has 3 rings (SSSR count). The quantitative estimate of drug-likeness (QED) is 0.398. The van der Waals surface area contributed by atoms with Crippen LogP contribution in [0, 0.1) is 13.8 Å². The molecule has 0 aliphatic rings. The number of methoxy groups -OCH3 is 1. The number of hydrogen-bond acceptors (Lipinski definition) is 1. The molecule has 0 aliphatic heterocycles. The maximum atomic E-state index is 5.11. The van der Waals surface area contributed by atoms with Crippen LogP contribution in [0.5, 0.6) is 5.75 Å². The summed E-state index contributed by atoms with van der Waals surface area (Å²) in [5.74, 6) is 0.893. The van der Waals surface area contributed by atoms with Crippen LogP contribution in [0.2, 0.25) is 0 Å². The summed E-state index contributed by atoms with van der Waals surface area (Å²) in [4.78, 5) is 0. The highest BCUT2D eigenvalue weighted by molar-refractivity contribution is 5.63. The first kappa shape index (κ1) is 25.0. The molecule has 0 bridgehead atoms. The Bertz CT molecular complexity index is 903. The van der Waals surface area contributed by atoms with E-state index in [0.29, 0.717) is 0 Å². The van der Waals surface area contributed by atoms with Gasteiger partial charge in [-0.05, 0) is 60.7 Å². The zero-order chi connectivity index (χ0) is 22.4. The van der Waals surface area contributed by atoms with Crippen LogP contribution in [0.4, 0.5) is 0 Å². The third-order valence-electron chi connectivity index (χ3n) is 4.39. The molecular weight excluding hydrogens is 364 g/mol. The summed E-state index contributed by atoms with van der Waals surface area (Å²) >= 11 is 0. The number of allylic oxidation sites excluding steroid dienone is 2. The molecule has 1 nitrogen and oxygen atoms in total. The van der Waals surface area contributed by atoms with Gasteiger partial charge >= 0.3 is 0 Å². The van der Waals surface area contributed by atoms with E-state index in [2.05, 4.69) is 82.8 Å². The largest absolute Gasteiger partial charge is 0.497 e. The minimum atomic E-state index is 0.893. The lowest BCUT2D eigenvalue weighted by Crippen LogP contribution is -1.84. The first-order chi connectivity index (χ1) is 14.4. The number of rotatable bonds is 4. The van der Waals surface area contributed by atoms with E-state index in [-0.39, 0.29) is 0 Å². The number of ether oxygens (including phenoxy) is 1. The van der Waals surface area contributed by atoms with Gasteiger partial charge < -0.3 is 4.74 Å². The van der Waals surface area contributed by atoms with Crippen LogP contribution in [0.3, 0.4) is 0 Å². The molecular formula is C29H36O. The van der Waals surface area contributed by atoms with Crippen LogP contribution in [0.25, 0.3) is 17.2 Å². The van der Waals surface area contributed by atoms with Gasteiger partial charge in [0, 0.05) is 0 Å². The van der Waals surface area contributed by atoms with E-state index >= 15 is 0 Å². The van der Waals surface area contributed by atoms with Crippen LogP contribution < -0.4 is 4.74 Å². The summed E-state index contributed by atoms with van der Waals surface area (Å²) in [6, 6.07) is 24.7. The van der Waals surface area contributed by atoms with Gasteiger partial charge in [0.05, 0.1) is 7.11 Å². The standard InChI is InChI=1S/C13H12O.C13H16.C3H8/c1-14-13-9-7-12(8-10-13)11-5-3-2-4-6-11;1-10(2)8-9-13-7-5-6-11(3)12(13)4;1-3-2/h2-10H,1H3;5-9H,1H2,2-4H3;3H2,1-2H3/b;9-8-;. The normalized spacial score (nSPS) is 9.80. The monoisotopic (exact) mass is 400 g/mol. The highest BCUT2D eigenvalue weighted by Gasteiger charge is 1.96. The molecule has 158 valence electrons. The Morgan fingerprint density at radius 1 is 0.833 bits per heavy atom. The predicted octanol–water partition coefficient (Wildman–Crippen LogP) is 8.67. The van der Waals surface area contributed by atoms with Crippen LogP contribution >= 0.6 is 0 Å². The molecule has 1 heteroatoms. The number of aryl methyl sites for hydroxylation is 1. The molecule has 0 unspecified atom stereocenters. The summed E-state index contributed by atoms with van der Waals surface area (Å²) < 4.78 is 5.11. The molecule has 3 aromatic carbocycles. The highest BCUT2D eigenvalue weighted by Crippen LogP contribution is 2.21. The van der Waals surface area contributed by atoms with Crippen LogP contribution in [0.1, 0.15) is 43.9 Å². The molecule has 30 heavy (non-hydrogen) atoms. The maximum Gasteiger partial charge on any atom is 0.118 e. The van der Waals surface area contributed by atoms with E-state index < -0.39 is 0 Å². The zero-order valence-corrected chi connectivity index (χ0v) is 19.4. The zero-order valence-electron chi connectivity index (χ0n) is 19.4. The Hall–Kier alpha value is -3.06. The van der Waals surface area contributed by atoms with Crippen molar-refractivity contribution in [2.75, 3.05) is 7.11 Å². The van der Waals surface area contributed by atoms with Crippen molar-refractivity contribution < 1.29 is 4.74 Å². The highest BCUT2D eigenvalue weighted by atomic mass is 16.5. The smallest absolute Gasteiger partial charge is 0.118 e. The molecule has 0 saturated heterocycles. The van der Waals surface area contributed by atoms with Crippen molar-refractivity contribution in [1.29, 1.82) is 0 Å². The Kier molecular flexibility index (Phi) is 11.7. The van der Waals surface area contributed by atoms with Crippen LogP contribution in [0.15, 0.2) is 91.0 Å². The fourth-order valence-electron chi connectivity index (χ4n) is 2.60. The molecule has 3 aromatic rings. The van der Waals surface area contributed by atoms with Crippen molar-refractivity contribution in [2.24, 2.45) is 0 Å². The second kappa shape index (κ2) is 14.0. The Balaban J connectivity index is 0.000000266. The third kappa shape index (κ3) is 8.96. The van der Waals surface area contributed by atoms with Crippen molar-refractivity contribution in [3.8, 4) is 16.9 Å². The molecule has 0 heterocycles. The summed E-state index contributed by atoms with van der Waals surface area (Å²) in [5.41, 5.74) is 7.49. The third-order valence-corrected chi connectivity index (χ3v) is 4.39. The van der Waals surface area contributed by atoms with E-state index in [9.17, 15) is 0 Å². The Morgan fingerprint density at radius 3 is 1.93 bits per heavy atom.